The molecule has 1 aliphatic heterocycles. The summed E-state index contributed by atoms with van der Waals surface area (Å²) in [6, 6.07) is 0. The fourth-order valence-electron chi connectivity index (χ4n) is 3.36. The lowest BCUT2D eigenvalue weighted by Crippen LogP contribution is -2.44. The predicted molar refractivity (Wildman–Crippen MR) is 150 cm³/mol. The van der Waals surface area contributed by atoms with E-state index < -0.39 is 8.32 Å². The summed E-state index contributed by atoms with van der Waals surface area (Å²) in [6.07, 6.45) is 3.06. The van der Waals surface area contributed by atoms with Crippen molar-refractivity contribution in [2.75, 3.05) is 20.7 Å². The van der Waals surface area contributed by atoms with Crippen LogP contribution in [-0.2, 0) is 14.0 Å². The predicted octanol–water partition coefficient (Wildman–Crippen LogP) is 4.64. The van der Waals surface area contributed by atoms with Crippen molar-refractivity contribution in [3.05, 3.63) is 20.1 Å². The summed E-state index contributed by atoms with van der Waals surface area (Å²) < 4.78 is 15.6. The highest BCUT2D eigenvalue weighted by molar-refractivity contribution is 14.1. The van der Waals surface area contributed by atoms with Crippen LogP contribution in [0.1, 0.15) is 47.3 Å². The fourth-order valence-corrected chi connectivity index (χ4v) is 5.16. The Bertz CT molecular complexity index is 1160. The van der Waals surface area contributed by atoms with Crippen LogP contribution in [0.15, 0.2) is 21.1 Å². The zero-order valence-electron chi connectivity index (χ0n) is 22.0. The van der Waals surface area contributed by atoms with Gasteiger partial charge in [0.1, 0.15) is 12.3 Å². The van der Waals surface area contributed by atoms with E-state index >= 15 is 0 Å². The largest absolute Gasteiger partial charge is 0.414 e. The van der Waals surface area contributed by atoms with Gasteiger partial charge >= 0.3 is 0 Å². The normalized spacial score (nSPS) is 21.1. The second-order valence-electron chi connectivity index (χ2n) is 10.8. The van der Waals surface area contributed by atoms with Crippen LogP contribution in [0.4, 0.5) is 5.95 Å². The summed E-state index contributed by atoms with van der Waals surface area (Å²) in [5, 5.41) is 4.80. The third-order valence-corrected chi connectivity index (χ3v) is 11.6. The van der Waals surface area contributed by atoms with Gasteiger partial charge in [-0.15, -0.1) is 0 Å². The minimum Gasteiger partial charge on any atom is -0.414 e. The number of oxime groups is 1. The summed E-state index contributed by atoms with van der Waals surface area (Å²) in [4.78, 5) is 32.1. The van der Waals surface area contributed by atoms with E-state index in [-0.39, 0.29) is 35.0 Å². The van der Waals surface area contributed by atoms with Gasteiger partial charge in [-0.1, -0.05) is 25.9 Å². The van der Waals surface area contributed by atoms with Gasteiger partial charge in [-0.2, -0.15) is 4.98 Å². The van der Waals surface area contributed by atoms with Crippen LogP contribution in [0.3, 0.4) is 0 Å². The first-order chi connectivity index (χ1) is 16.2. The molecule has 0 radical (unpaired) electrons. The molecule has 0 bridgehead atoms. The van der Waals surface area contributed by atoms with E-state index in [9.17, 15) is 4.79 Å². The molecule has 0 saturated carbocycles. The maximum atomic E-state index is 12.8. The van der Waals surface area contributed by atoms with Crippen molar-refractivity contribution in [2.24, 2.45) is 10.1 Å². The van der Waals surface area contributed by atoms with E-state index in [0.29, 0.717) is 24.1 Å². The average Bonchev–Trinajstić information content (AvgIpc) is 3.29. The van der Waals surface area contributed by atoms with Gasteiger partial charge in [-0.05, 0) is 54.6 Å². The van der Waals surface area contributed by atoms with Gasteiger partial charge in [0.2, 0.25) is 5.95 Å². The van der Waals surface area contributed by atoms with Crippen molar-refractivity contribution in [1.82, 2.24) is 19.4 Å². The zero-order chi connectivity index (χ0) is 26.1. The van der Waals surface area contributed by atoms with E-state index in [2.05, 4.69) is 76.6 Å². The van der Waals surface area contributed by atoms with E-state index in [0.717, 1.165) is 9.28 Å². The Morgan fingerprint density at radius 3 is 2.69 bits per heavy atom. The Kier molecular flexibility index (Phi) is 8.49. The molecule has 35 heavy (non-hydrogen) atoms. The second kappa shape index (κ2) is 10.7. The Hall–Kier alpha value is -1.77. The van der Waals surface area contributed by atoms with Gasteiger partial charge in [0.05, 0.1) is 24.0 Å². The number of hydrogen-bond donors (Lipinski definition) is 1. The van der Waals surface area contributed by atoms with Crippen molar-refractivity contribution in [3.8, 4) is 0 Å². The molecule has 2 aromatic rings. The standard InChI is InChI=1S/C23H37IN6O4Si/c1-14(2)28-34-16-10-18(33-17(16)12-32-35(8,9)23(3,4)5)30-11-15(24)19-20(30)26-22(27-21(19)31)25-13-29(6)7/h11,13,16-18H,10,12H2,1-9H3,(H,26,27,31)/b25-13-/t16-,17-,18-/m1/s1. The molecule has 0 aromatic carbocycles. The van der Waals surface area contributed by atoms with Crippen molar-refractivity contribution in [2.45, 2.75) is 77.6 Å². The summed E-state index contributed by atoms with van der Waals surface area (Å²) in [5.41, 5.74) is 1.11. The van der Waals surface area contributed by atoms with Crippen molar-refractivity contribution in [3.63, 3.8) is 0 Å². The topological polar surface area (TPSA) is 106 Å². The first-order valence-electron chi connectivity index (χ1n) is 11.7. The molecule has 0 unspecified atom stereocenters. The van der Waals surface area contributed by atoms with Crippen LogP contribution in [0.5, 0.6) is 0 Å². The molecule has 2 aromatic heterocycles. The fraction of sp³-hybridized carbons (Fsp3) is 0.652. The van der Waals surface area contributed by atoms with E-state index in [1.54, 1.807) is 11.2 Å². The molecular weight excluding hydrogens is 579 g/mol. The van der Waals surface area contributed by atoms with E-state index in [1.807, 2.05) is 38.7 Å². The molecule has 0 amide bonds. The molecule has 1 saturated heterocycles. The van der Waals surface area contributed by atoms with Crippen molar-refractivity contribution < 1.29 is 14.0 Å². The number of H-pyrrole nitrogens is 1. The van der Waals surface area contributed by atoms with Crippen LogP contribution >= 0.6 is 22.6 Å². The Labute approximate surface area is 221 Å². The lowest BCUT2D eigenvalue weighted by molar-refractivity contribution is -0.0571. The number of fused-ring (bicyclic) bond motifs is 1. The van der Waals surface area contributed by atoms with Crippen LogP contribution in [0.2, 0.25) is 18.1 Å². The monoisotopic (exact) mass is 616 g/mol. The SMILES string of the molecule is CC(C)=NO[C@@H]1C[C@H](n2cc(I)c3c(=O)[nH]c(/N=C\N(C)C)nc32)O[C@@H]1CO[Si](C)(C)C(C)(C)C. The van der Waals surface area contributed by atoms with Crippen molar-refractivity contribution in [1.29, 1.82) is 0 Å². The highest BCUT2D eigenvalue weighted by atomic mass is 127. The molecule has 1 N–H and O–H groups in total. The minimum absolute atomic E-state index is 0.0840. The van der Waals surface area contributed by atoms with Gasteiger partial charge in [-0.25, -0.2) is 4.99 Å². The quantitative estimate of drug-likeness (QED) is 0.152. The van der Waals surface area contributed by atoms with Gasteiger partial charge in [0.15, 0.2) is 20.1 Å². The molecule has 3 atom stereocenters. The molecule has 3 rings (SSSR count). The maximum absolute atomic E-state index is 12.8. The third kappa shape index (κ3) is 6.52. The van der Waals surface area contributed by atoms with E-state index in [1.165, 1.54) is 0 Å². The molecule has 0 spiro atoms. The first kappa shape index (κ1) is 27.8. The highest BCUT2D eigenvalue weighted by Crippen LogP contribution is 2.39. The minimum atomic E-state index is -1.98. The number of nitrogens with one attached hydrogen (secondary N) is 1. The summed E-state index contributed by atoms with van der Waals surface area (Å²) >= 11 is 2.15. The smallest absolute Gasteiger partial charge is 0.262 e. The lowest BCUT2D eigenvalue weighted by atomic mass is 10.2. The molecular formula is C23H37IN6O4Si. The Balaban J connectivity index is 1.94. The summed E-state index contributed by atoms with van der Waals surface area (Å²) in [7, 11) is 1.73. The third-order valence-electron chi connectivity index (χ3n) is 6.31. The lowest BCUT2D eigenvalue weighted by Gasteiger charge is -2.37. The number of aromatic amines is 1. The van der Waals surface area contributed by atoms with Crippen LogP contribution < -0.4 is 5.56 Å². The molecule has 3 heterocycles. The highest BCUT2D eigenvalue weighted by Gasteiger charge is 2.43. The van der Waals surface area contributed by atoms with Gasteiger partial charge in [0.25, 0.3) is 5.56 Å². The molecule has 1 aliphatic rings. The molecule has 0 aliphatic carbocycles. The van der Waals surface area contributed by atoms with Crippen LogP contribution in [0.25, 0.3) is 11.0 Å². The number of hydrogen-bond acceptors (Lipinski definition) is 7. The second-order valence-corrected chi connectivity index (χ2v) is 16.8. The number of aliphatic imine (C=N–C) groups is 1. The zero-order valence-corrected chi connectivity index (χ0v) is 25.2. The summed E-state index contributed by atoms with van der Waals surface area (Å²) in [5.74, 6) is 0.238. The average molecular weight is 617 g/mol. The summed E-state index contributed by atoms with van der Waals surface area (Å²) in [6.45, 7) is 15.3. The first-order valence-corrected chi connectivity index (χ1v) is 15.7. The molecule has 12 heteroatoms. The number of halogens is 1. The number of ether oxygens (including phenoxy) is 1. The number of rotatable bonds is 8. The van der Waals surface area contributed by atoms with Gasteiger partial charge in [-0.3, -0.25) is 9.78 Å². The maximum Gasteiger partial charge on any atom is 0.262 e. The van der Waals surface area contributed by atoms with Crippen LogP contribution in [-0.4, -0.2) is 72.7 Å². The van der Waals surface area contributed by atoms with Gasteiger partial charge < -0.3 is 23.5 Å². The van der Waals surface area contributed by atoms with Crippen molar-refractivity contribution >= 4 is 59.9 Å². The molecule has 10 nitrogen and oxygen atoms in total. The number of nitrogens with zero attached hydrogens (tertiary/aromatic N) is 5. The molecule has 194 valence electrons. The van der Waals surface area contributed by atoms with E-state index in [4.69, 9.17) is 14.0 Å². The molecule has 1 fully saturated rings. The Morgan fingerprint density at radius 2 is 2.09 bits per heavy atom. The van der Waals surface area contributed by atoms with Gasteiger partial charge in [0, 0.05) is 30.3 Å². The van der Waals surface area contributed by atoms with Crippen LogP contribution in [0, 0.1) is 3.57 Å². The Morgan fingerprint density at radius 1 is 1.40 bits per heavy atom. The number of aromatic nitrogens is 3.